The zero-order valence-electron chi connectivity index (χ0n) is 19.3. The minimum atomic E-state index is -3.85. The first-order chi connectivity index (χ1) is 17.2. The molecule has 0 atom stereocenters. The first-order valence-electron chi connectivity index (χ1n) is 11.1. The lowest BCUT2D eigenvalue weighted by Gasteiger charge is -2.11. The molecule has 36 heavy (non-hydrogen) atoms. The molecule has 5 rings (SSSR count). The van der Waals surface area contributed by atoms with Crippen molar-refractivity contribution in [2.24, 2.45) is 7.05 Å². The zero-order chi connectivity index (χ0) is 25.6. The number of anilines is 1. The summed E-state index contributed by atoms with van der Waals surface area (Å²) in [5, 5.41) is 5.66. The number of aromatic nitrogens is 4. The number of benzene rings is 2. The van der Waals surface area contributed by atoms with E-state index in [0.29, 0.717) is 23.0 Å². The van der Waals surface area contributed by atoms with Crippen molar-refractivity contribution in [3.05, 3.63) is 77.8 Å². The molecular weight excluding hydrogens is 488 g/mol. The molecule has 2 aromatic carbocycles. The Morgan fingerprint density at radius 2 is 1.97 bits per heavy atom. The zero-order valence-corrected chi connectivity index (χ0v) is 20.2. The molecule has 0 aliphatic heterocycles. The van der Waals surface area contributed by atoms with Gasteiger partial charge in [0.1, 0.15) is 11.5 Å². The Balaban J connectivity index is 1.60. The molecule has 3 aromatic heterocycles. The number of hydrogen-bond donors (Lipinski definition) is 2. The number of nitrogens with zero attached hydrogens (tertiary/aromatic N) is 3. The number of carbonyl (C=O) groups excluding carboxylic acids is 1. The van der Waals surface area contributed by atoms with Crippen LogP contribution >= 0.6 is 0 Å². The van der Waals surface area contributed by atoms with Crippen LogP contribution in [0.15, 0.2) is 55.0 Å². The molecule has 0 saturated carbocycles. The Kier molecular flexibility index (Phi) is 5.79. The summed E-state index contributed by atoms with van der Waals surface area (Å²) in [5.74, 6) is -3.56. The van der Waals surface area contributed by atoms with Gasteiger partial charge in [-0.05, 0) is 36.2 Å². The van der Waals surface area contributed by atoms with Crippen LogP contribution in [0.3, 0.4) is 0 Å². The minimum Gasteiger partial charge on any atom is -0.345 e. The average molecular weight is 510 g/mol. The maximum Gasteiger partial charge on any atom is 0.232 e. The Morgan fingerprint density at radius 3 is 2.75 bits per heavy atom. The summed E-state index contributed by atoms with van der Waals surface area (Å²) in [6.45, 7) is 1.66. The van der Waals surface area contributed by atoms with Crippen molar-refractivity contribution < 1.29 is 22.0 Å². The topological polar surface area (TPSA) is 110 Å². The van der Waals surface area contributed by atoms with Crippen molar-refractivity contribution in [3.8, 4) is 11.1 Å². The Bertz CT molecular complexity index is 1760. The summed E-state index contributed by atoms with van der Waals surface area (Å²) >= 11 is 0. The smallest absolute Gasteiger partial charge is 0.232 e. The van der Waals surface area contributed by atoms with Gasteiger partial charge in [-0.25, -0.2) is 22.2 Å². The standard InChI is InChI=1S/C25H21F2N5O3S/c1-3-9-36(34,35)31-21-8-7-19(26)22(23(21)27)24(33)17-12-29-25-16(17)10-14(11-28-25)15-5-4-6-20-18(15)13-32(2)30-20/h4-8,10-13,31H,3,9H2,1-2H3,(H,28,29). The number of H-pyrrole nitrogens is 1. The van der Waals surface area contributed by atoms with Gasteiger partial charge in [0.2, 0.25) is 15.8 Å². The van der Waals surface area contributed by atoms with Gasteiger partial charge in [-0.2, -0.15) is 5.10 Å². The van der Waals surface area contributed by atoms with Gasteiger partial charge in [-0.15, -0.1) is 0 Å². The van der Waals surface area contributed by atoms with Crippen molar-refractivity contribution in [2.75, 3.05) is 10.5 Å². The van der Waals surface area contributed by atoms with Gasteiger partial charge in [-0.1, -0.05) is 19.1 Å². The normalized spacial score (nSPS) is 11.9. The fraction of sp³-hybridized carbons (Fsp3) is 0.160. The summed E-state index contributed by atoms with van der Waals surface area (Å²) in [6, 6.07) is 9.17. The minimum absolute atomic E-state index is 0.00378. The monoisotopic (exact) mass is 509 g/mol. The van der Waals surface area contributed by atoms with Gasteiger partial charge in [0, 0.05) is 47.5 Å². The second-order valence-corrected chi connectivity index (χ2v) is 10.2. The van der Waals surface area contributed by atoms with Crippen LogP contribution < -0.4 is 4.72 Å². The van der Waals surface area contributed by atoms with Crippen LogP contribution in [0.5, 0.6) is 0 Å². The molecule has 0 saturated heterocycles. The number of nitrogens with one attached hydrogen (secondary N) is 2. The summed E-state index contributed by atoms with van der Waals surface area (Å²) in [4.78, 5) is 20.6. The lowest BCUT2D eigenvalue weighted by atomic mass is 9.99. The average Bonchev–Trinajstić information content (AvgIpc) is 3.42. The van der Waals surface area contributed by atoms with Gasteiger partial charge in [-0.3, -0.25) is 14.2 Å². The number of aryl methyl sites for hydroxylation is 1. The van der Waals surface area contributed by atoms with Gasteiger partial charge in [0.25, 0.3) is 0 Å². The van der Waals surface area contributed by atoms with Gasteiger partial charge in [0.15, 0.2) is 5.82 Å². The van der Waals surface area contributed by atoms with Crippen molar-refractivity contribution in [3.63, 3.8) is 0 Å². The molecule has 2 N–H and O–H groups in total. The van der Waals surface area contributed by atoms with Crippen LogP contribution in [0.4, 0.5) is 14.5 Å². The predicted molar refractivity (Wildman–Crippen MR) is 133 cm³/mol. The number of fused-ring (bicyclic) bond motifs is 2. The fourth-order valence-electron chi connectivity index (χ4n) is 4.21. The third-order valence-corrected chi connectivity index (χ3v) is 7.28. The Morgan fingerprint density at radius 1 is 1.17 bits per heavy atom. The van der Waals surface area contributed by atoms with Crippen LogP contribution in [0, 0.1) is 11.6 Å². The number of halogens is 2. The summed E-state index contributed by atoms with van der Waals surface area (Å²) in [6.07, 6.45) is 5.15. The second kappa shape index (κ2) is 8.83. The van der Waals surface area contributed by atoms with Crippen molar-refractivity contribution in [1.82, 2.24) is 19.7 Å². The second-order valence-electron chi connectivity index (χ2n) is 8.40. The molecule has 0 aliphatic carbocycles. The van der Waals surface area contributed by atoms with Crippen LogP contribution in [0.25, 0.3) is 33.1 Å². The first kappa shape index (κ1) is 23.6. The number of ketones is 1. The van der Waals surface area contributed by atoms with Crippen molar-refractivity contribution in [2.45, 2.75) is 13.3 Å². The maximum atomic E-state index is 15.2. The molecule has 0 bridgehead atoms. The van der Waals surface area contributed by atoms with E-state index in [4.69, 9.17) is 0 Å². The summed E-state index contributed by atoms with van der Waals surface area (Å²) in [7, 11) is -2.04. The molecular formula is C25H21F2N5O3S. The van der Waals surface area contributed by atoms with E-state index in [1.54, 1.807) is 23.9 Å². The van der Waals surface area contributed by atoms with Crippen LogP contribution in [-0.2, 0) is 17.1 Å². The molecule has 0 aliphatic rings. The molecule has 5 aromatic rings. The number of pyridine rings is 1. The molecule has 0 spiro atoms. The van der Waals surface area contributed by atoms with E-state index in [-0.39, 0.29) is 11.3 Å². The van der Waals surface area contributed by atoms with Crippen LogP contribution in [-0.4, -0.2) is 39.7 Å². The molecule has 8 nitrogen and oxygen atoms in total. The molecule has 3 heterocycles. The van der Waals surface area contributed by atoms with E-state index in [0.717, 1.165) is 28.6 Å². The van der Waals surface area contributed by atoms with Crippen molar-refractivity contribution in [1.29, 1.82) is 0 Å². The number of carbonyl (C=O) groups is 1. The van der Waals surface area contributed by atoms with Gasteiger partial charge < -0.3 is 4.98 Å². The Labute approximate surface area is 205 Å². The number of hydrogen-bond acceptors (Lipinski definition) is 5. The van der Waals surface area contributed by atoms with E-state index >= 15 is 4.39 Å². The van der Waals surface area contributed by atoms with Crippen LogP contribution in [0.1, 0.15) is 29.3 Å². The lowest BCUT2D eigenvalue weighted by Crippen LogP contribution is -2.18. The quantitative estimate of drug-likeness (QED) is 0.307. The molecule has 11 heteroatoms. The fourth-order valence-corrected chi connectivity index (χ4v) is 5.35. The molecule has 184 valence electrons. The SMILES string of the molecule is CCCS(=O)(=O)Nc1ccc(F)c(C(=O)c2c[nH]c3ncc(-c4cccc5nn(C)cc45)cc23)c1F. The van der Waals surface area contributed by atoms with E-state index in [1.807, 2.05) is 31.4 Å². The van der Waals surface area contributed by atoms with E-state index in [2.05, 4.69) is 19.8 Å². The Hall–Kier alpha value is -4.12. The largest absolute Gasteiger partial charge is 0.345 e. The highest BCUT2D eigenvalue weighted by Gasteiger charge is 2.26. The van der Waals surface area contributed by atoms with Gasteiger partial charge >= 0.3 is 0 Å². The van der Waals surface area contributed by atoms with E-state index < -0.39 is 38.7 Å². The third kappa shape index (κ3) is 4.11. The first-order valence-corrected chi connectivity index (χ1v) is 12.8. The highest BCUT2D eigenvalue weighted by molar-refractivity contribution is 7.92. The van der Waals surface area contributed by atoms with E-state index in [9.17, 15) is 17.6 Å². The summed E-state index contributed by atoms with van der Waals surface area (Å²) in [5.41, 5.74) is 1.33. The summed E-state index contributed by atoms with van der Waals surface area (Å²) < 4.78 is 58.0. The molecule has 0 amide bonds. The number of rotatable bonds is 7. The predicted octanol–water partition coefficient (Wildman–Crippen LogP) is 4.78. The van der Waals surface area contributed by atoms with Crippen LogP contribution in [0.2, 0.25) is 0 Å². The number of sulfonamides is 1. The molecule has 0 fully saturated rings. The van der Waals surface area contributed by atoms with Gasteiger partial charge in [0.05, 0.1) is 22.5 Å². The highest BCUT2D eigenvalue weighted by Crippen LogP contribution is 2.32. The van der Waals surface area contributed by atoms with E-state index in [1.165, 1.54) is 6.20 Å². The maximum absolute atomic E-state index is 15.2. The highest BCUT2D eigenvalue weighted by atomic mass is 32.2. The number of aromatic amines is 1. The lowest BCUT2D eigenvalue weighted by molar-refractivity contribution is 0.103. The molecule has 0 radical (unpaired) electrons. The molecule has 0 unspecified atom stereocenters. The third-order valence-electron chi connectivity index (χ3n) is 5.81. The van der Waals surface area contributed by atoms with Crippen molar-refractivity contribution >= 4 is 43.4 Å².